The van der Waals surface area contributed by atoms with Crippen molar-refractivity contribution in [2.75, 3.05) is 130 Å². The summed E-state index contributed by atoms with van der Waals surface area (Å²) in [6.45, 7) is 8.61. The Morgan fingerprint density at radius 1 is 0.271 bits per heavy atom. The molecule has 0 saturated heterocycles. The molecule has 0 saturated carbocycles. The van der Waals surface area contributed by atoms with E-state index in [-0.39, 0.29) is 49.9 Å². The fraction of sp³-hybridized carbons (Fsp3) is 0.704. The summed E-state index contributed by atoms with van der Waals surface area (Å²) in [7, 11) is 4.14. The summed E-state index contributed by atoms with van der Waals surface area (Å²) < 4.78 is 44.7. The number of amides is 4. The molecule has 16 heteroatoms. The molecular weight excluding hydrogens is 933 g/mol. The number of ether oxygens (including phenoxy) is 8. The summed E-state index contributed by atoms with van der Waals surface area (Å²) in [5.41, 5.74) is 1.83. The van der Waals surface area contributed by atoms with Crippen LogP contribution in [0.5, 0.6) is 0 Å². The standard InChI is InChI=1S/C54H84N2O12S2/c57-51-47-23-15-16-24-48(47)52(58)55(51)27-31-63-35-39-67-43-41-65-37-33-61-29-19-11-7-3-1-5-9-13-21-45-69-70-46-22-14-10-6-2-4-8-12-20-30-62-34-38-66-42-44-68-40-36-64-32-28-56-53(59)49-25-17-18-26-50(49)54(56)60/h15-18,23-26H,1-14,19-22,27-46H2. The van der Waals surface area contributed by atoms with E-state index >= 15 is 0 Å². The maximum absolute atomic E-state index is 12.4. The monoisotopic (exact) mass is 1020 g/mol. The average molecular weight is 1020 g/mol. The lowest BCUT2D eigenvalue weighted by molar-refractivity contribution is -0.00356. The Labute approximate surface area is 427 Å². The number of hydrogen-bond acceptors (Lipinski definition) is 14. The molecule has 0 radical (unpaired) electrons. The van der Waals surface area contributed by atoms with Crippen molar-refractivity contribution in [2.24, 2.45) is 0 Å². The zero-order valence-corrected chi connectivity index (χ0v) is 43.7. The van der Waals surface area contributed by atoms with E-state index in [2.05, 4.69) is 21.6 Å². The van der Waals surface area contributed by atoms with Crippen LogP contribution in [0.1, 0.15) is 157 Å². The Morgan fingerprint density at radius 2 is 0.486 bits per heavy atom. The van der Waals surface area contributed by atoms with Crippen molar-refractivity contribution in [3.63, 3.8) is 0 Å². The molecule has 0 unspecified atom stereocenters. The van der Waals surface area contributed by atoms with Crippen molar-refractivity contribution in [3.8, 4) is 0 Å². The first kappa shape index (κ1) is 59.7. The average Bonchev–Trinajstić information content (AvgIpc) is 3.77. The molecular formula is C54H84N2O12S2. The fourth-order valence-corrected chi connectivity index (χ4v) is 10.3. The van der Waals surface area contributed by atoms with Crippen LogP contribution in [0.15, 0.2) is 48.5 Å². The molecule has 0 bridgehead atoms. The van der Waals surface area contributed by atoms with E-state index in [0.29, 0.717) is 102 Å². The van der Waals surface area contributed by atoms with Gasteiger partial charge in [0.2, 0.25) is 0 Å². The molecule has 4 amide bonds. The number of rotatable bonds is 49. The summed E-state index contributed by atoms with van der Waals surface area (Å²) in [6, 6.07) is 13.8. The zero-order valence-electron chi connectivity index (χ0n) is 42.1. The molecule has 394 valence electrons. The van der Waals surface area contributed by atoms with Gasteiger partial charge in [-0.2, -0.15) is 0 Å². The Bertz CT molecular complexity index is 1510. The van der Waals surface area contributed by atoms with Crippen LogP contribution in [-0.4, -0.2) is 164 Å². The van der Waals surface area contributed by atoms with Crippen LogP contribution in [0.3, 0.4) is 0 Å². The second-order valence-corrected chi connectivity index (χ2v) is 20.2. The van der Waals surface area contributed by atoms with Gasteiger partial charge in [0.25, 0.3) is 23.6 Å². The van der Waals surface area contributed by atoms with Crippen molar-refractivity contribution in [2.45, 2.75) is 116 Å². The molecule has 14 nitrogen and oxygen atoms in total. The minimum Gasteiger partial charge on any atom is -0.379 e. The third kappa shape index (κ3) is 25.7. The molecule has 0 aliphatic carbocycles. The van der Waals surface area contributed by atoms with Crippen LogP contribution in [0.25, 0.3) is 0 Å². The van der Waals surface area contributed by atoms with E-state index < -0.39 is 0 Å². The van der Waals surface area contributed by atoms with Gasteiger partial charge in [0.1, 0.15) is 0 Å². The van der Waals surface area contributed by atoms with E-state index in [0.717, 1.165) is 26.1 Å². The third-order valence-electron chi connectivity index (χ3n) is 12.0. The molecule has 0 aromatic heterocycles. The lowest BCUT2D eigenvalue weighted by Gasteiger charge is -2.13. The van der Waals surface area contributed by atoms with Crippen molar-refractivity contribution >= 4 is 45.2 Å². The third-order valence-corrected chi connectivity index (χ3v) is 14.6. The predicted molar refractivity (Wildman–Crippen MR) is 278 cm³/mol. The highest BCUT2D eigenvalue weighted by atomic mass is 33.1. The Kier molecular flexibility index (Phi) is 34.6. The summed E-state index contributed by atoms with van der Waals surface area (Å²) in [5.74, 6) is 1.53. The van der Waals surface area contributed by atoms with E-state index in [1.54, 1.807) is 48.5 Å². The lowest BCUT2D eigenvalue weighted by Crippen LogP contribution is -2.33. The minimum atomic E-state index is -0.260. The first-order valence-corrected chi connectivity index (χ1v) is 28.8. The molecule has 70 heavy (non-hydrogen) atoms. The molecule has 2 aliphatic rings. The molecule has 0 atom stereocenters. The van der Waals surface area contributed by atoms with Gasteiger partial charge in [0.15, 0.2) is 0 Å². The van der Waals surface area contributed by atoms with Crippen LogP contribution in [0, 0.1) is 0 Å². The van der Waals surface area contributed by atoms with E-state index in [4.69, 9.17) is 37.9 Å². The number of hydrogen-bond donors (Lipinski definition) is 0. The van der Waals surface area contributed by atoms with Gasteiger partial charge in [-0.3, -0.25) is 29.0 Å². The van der Waals surface area contributed by atoms with E-state index in [1.165, 1.54) is 124 Å². The van der Waals surface area contributed by atoms with Crippen molar-refractivity contribution in [1.29, 1.82) is 0 Å². The SMILES string of the molecule is O=C1c2ccccc2C(=O)N1CCOCCOCCOCCOCCCCCCCCCCCSSCCCCCCCCCCCOCCOCCOCCOCCN1C(=O)c2ccccc2C1=O. The second kappa shape index (κ2) is 40.6. The number of unbranched alkanes of at least 4 members (excludes halogenated alkanes) is 16. The van der Waals surface area contributed by atoms with Gasteiger partial charge >= 0.3 is 0 Å². The van der Waals surface area contributed by atoms with Crippen LogP contribution in [0.4, 0.5) is 0 Å². The summed E-state index contributed by atoms with van der Waals surface area (Å²) in [5, 5.41) is 0. The Balaban J connectivity index is 0.724. The first-order chi connectivity index (χ1) is 34.6. The molecule has 0 fully saturated rings. The van der Waals surface area contributed by atoms with Crippen molar-refractivity contribution in [3.05, 3.63) is 70.8 Å². The quantitative estimate of drug-likeness (QED) is 0.0352. The molecule has 2 heterocycles. The highest BCUT2D eigenvalue weighted by Gasteiger charge is 2.35. The number of benzene rings is 2. The highest BCUT2D eigenvalue weighted by molar-refractivity contribution is 8.76. The van der Waals surface area contributed by atoms with Crippen LogP contribution in [-0.2, 0) is 37.9 Å². The molecule has 2 aromatic carbocycles. The molecule has 2 aliphatic heterocycles. The Hall–Kier alpha value is -2.90. The normalized spacial score (nSPS) is 13.4. The number of carbonyl (C=O) groups is 4. The zero-order chi connectivity index (χ0) is 49.4. The molecule has 4 rings (SSSR count). The van der Waals surface area contributed by atoms with Crippen molar-refractivity contribution < 1.29 is 57.1 Å². The van der Waals surface area contributed by atoms with Gasteiger partial charge < -0.3 is 37.9 Å². The van der Waals surface area contributed by atoms with Crippen LogP contribution < -0.4 is 0 Å². The largest absolute Gasteiger partial charge is 0.379 e. The molecule has 0 N–H and O–H groups in total. The maximum atomic E-state index is 12.4. The minimum absolute atomic E-state index is 0.234. The van der Waals surface area contributed by atoms with Gasteiger partial charge in [-0.25, -0.2) is 0 Å². The number of nitrogens with zero attached hydrogens (tertiary/aromatic N) is 2. The Morgan fingerprint density at radius 3 is 0.757 bits per heavy atom. The topological polar surface area (TPSA) is 149 Å². The molecule has 0 spiro atoms. The first-order valence-electron chi connectivity index (χ1n) is 26.4. The predicted octanol–water partition coefficient (Wildman–Crippen LogP) is 10.1. The number of fused-ring (bicyclic) bond motifs is 2. The summed E-state index contributed by atoms with van der Waals surface area (Å²) in [6.07, 6.45) is 23.5. The fourth-order valence-electron chi connectivity index (χ4n) is 8.04. The lowest BCUT2D eigenvalue weighted by atomic mass is 10.1. The van der Waals surface area contributed by atoms with Crippen LogP contribution >= 0.6 is 21.6 Å². The van der Waals surface area contributed by atoms with Crippen LogP contribution in [0.2, 0.25) is 0 Å². The number of carbonyl (C=O) groups excluding carboxylic acids is 4. The van der Waals surface area contributed by atoms with Gasteiger partial charge in [0.05, 0.1) is 128 Å². The second-order valence-electron chi connectivity index (χ2n) is 17.5. The van der Waals surface area contributed by atoms with E-state index in [1.807, 2.05) is 0 Å². The number of imide groups is 2. The summed E-state index contributed by atoms with van der Waals surface area (Å²) >= 11 is 0. The van der Waals surface area contributed by atoms with Gasteiger partial charge in [-0.05, 0) is 49.9 Å². The highest BCUT2D eigenvalue weighted by Crippen LogP contribution is 2.26. The van der Waals surface area contributed by atoms with Crippen molar-refractivity contribution in [1.82, 2.24) is 9.80 Å². The maximum Gasteiger partial charge on any atom is 0.261 e. The van der Waals surface area contributed by atoms with Gasteiger partial charge in [-0.15, -0.1) is 0 Å². The van der Waals surface area contributed by atoms with Gasteiger partial charge in [-0.1, -0.05) is 136 Å². The molecule has 2 aromatic rings. The summed E-state index contributed by atoms with van der Waals surface area (Å²) in [4.78, 5) is 51.9. The smallest absolute Gasteiger partial charge is 0.261 e. The van der Waals surface area contributed by atoms with E-state index in [9.17, 15) is 19.2 Å². The van der Waals surface area contributed by atoms with Gasteiger partial charge in [0, 0.05) is 24.7 Å².